The van der Waals surface area contributed by atoms with Crippen molar-refractivity contribution in [3.8, 4) is 33.8 Å². The van der Waals surface area contributed by atoms with Crippen LogP contribution in [0.2, 0.25) is 0 Å². The minimum Gasteiger partial charge on any atom is -0.352 e. The lowest BCUT2D eigenvalue weighted by molar-refractivity contribution is 0.0115. The van der Waals surface area contributed by atoms with E-state index in [-0.39, 0.29) is 13.0 Å². The van der Waals surface area contributed by atoms with Gasteiger partial charge < -0.3 is 4.98 Å². The van der Waals surface area contributed by atoms with Crippen LogP contribution >= 0.6 is 0 Å². The van der Waals surface area contributed by atoms with Crippen molar-refractivity contribution < 1.29 is 8.78 Å². The molecule has 5 aromatic rings. The highest BCUT2D eigenvalue weighted by Crippen LogP contribution is 2.32. The fraction of sp³-hybridized carbons (Fsp3) is 0.200. The zero-order chi connectivity index (χ0) is 23.1. The van der Waals surface area contributed by atoms with Crippen LogP contribution in [0.4, 0.5) is 8.78 Å². The predicted octanol–water partition coefficient (Wildman–Crippen LogP) is 4.92. The Bertz CT molecular complexity index is 1460. The molecular weight excluding hydrogens is 436 g/mol. The third-order valence-corrected chi connectivity index (χ3v) is 6.13. The van der Waals surface area contributed by atoms with Crippen molar-refractivity contribution in [1.29, 1.82) is 0 Å². The van der Waals surface area contributed by atoms with Crippen LogP contribution in [-0.4, -0.2) is 54.0 Å². The third kappa shape index (κ3) is 3.94. The SMILES string of the molecule is FC1(F)CCN(Cc2cncc(-c3cc(-c4cc5c(-c6cccnc6)cncc5[nH]4)n[nH]3)c2)C1. The van der Waals surface area contributed by atoms with E-state index in [1.165, 1.54) is 0 Å². The highest BCUT2D eigenvalue weighted by atomic mass is 19.3. The topological polar surface area (TPSA) is 86.4 Å². The van der Waals surface area contributed by atoms with Gasteiger partial charge in [-0.1, -0.05) is 6.07 Å². The summed E-state index contributed by atoms with van der Waals surface area (Å²) in [6.07, 6.45) is 10.6. The molecular formula is C25H21F2N7. The average molecular weight is 457 g/mol. The molecule has 0 bridgehead atoms. The zero-order valence-electron chi connectivity index (χ0n) is 18.2. The molecule has 170 valence electrons. The molecule has 1 saturated heterocycles. The van der Waals surface area contributed by atoms with Gasteiger partial charge in [0.05, 0.1) is 29.6 Å². The van der Waals surface area contributed by atoms with Gasteiger partial charge in [0.25, 0.3) is 5.92 Å². The first-order valence-corrected chi connectivity index (χ1v) is 11.0. The Balaban J connectivity index is 1.28. The Morgan fingerprint density at radius 2 is 1.82 bits per heavy atom. The summed E-state index contributed by atoms with van der Waals surface area (Å²) >= 11 is 0. The van der Waals surface area contributed by atoms with Crippen LogP contribution in [0.3, 0.4) is 0 Å². The van der Waals surface area contributed by atoms with Crippen LogP contribution in [0.25, 0.3) is 44.7 Å². The number of H-pyrrole nitrogens is 2. The molecule has 0 amide bonds. The largest absolute Gasteiger partial charge is 0.352 e. The lowest BCUT2D eigenvalue weighted by Crippen LogP contribution is -2.24. The summed E-state index contributed by atoms with van der Waals surface area (Å²) in [5, 5.41) is 8.60. The van der Waals surface area contributed by atoms with Crippen molar-refractivity contribution in [1.82, 2.24) is 35.0 Å². The van der Waals surface area contributed by atoms with Crippen molar-refractivity contribution in [2.45, 2.75) is 18.9 Å². The first kappa shape index (κ1) is 20.6. The highest BCUT2D eigenvalue weighted by Gasteiger charge is 2.37. The Hall–Kier alpha value is -3.98. The number of rotatable bonds is 5. The van der Waals surface area contributed by atoms with Gasteiger partial charge in [0.2, 0.25) is 0 Å². The summed E-state index contributed by atoms with van der Waals surface area (Å²) in [5.74, 6) is -2.60. The van der Waals surface area contributed by atoms with Crippen LogP contribution in [0, 0.1) is 0 Å². The summed E-state index contributed by atoms with van der Waals surface area (Å²) in [6, 6.07) is 9.88. The molecule has 1 fully saturated rings. The van der Waals surface area contributed by atoms with Crippen LogP contribution < -0.4 is 0 Å². The number of alkyl halides is 2. The molecule has 1 aliphatic rings. The molecule has 0 spiro atoms. The molecule has 6 rings (SSSR count). The molecule has 0 radical (unpaired) electrons. The van der Waals surface area contributed by atoms with Gasteiger partial charge in [-0.3, -0.25) is 25.0 Å². The molecule has 5 aromatic heterocycles. The van der Waals surface area contributed by atoms with E-state index in [2.05, 4.69) is 36.2 Å². The average Bonchev–Trinajstić information content (AvgIpc) is 3.57. The molecule has 34 heavy (non-hydrogen) atoms. The number of fused-ring (bicyclic) bond motifs is 1. The lowest BCUT2D eigenvalue weighted by Gasteiger charge is -2.15. The summed E-state index contributed by atoms with van der Waals surface area (Å²) in [4.78, 5) is 18.1. The second-order valence-electron chi connectivity index (χ2n) is 8.64. The molecule has 0 aromatic carbocycles. The summed E-state index contributed by atoms with van der Waals surface area (Å²) in [7, 11) is 0. The van der Waals surface area contributed by atoms with Gasteiger partial charge >= 0.3 is 0 Å². The number of likely N-dealkylation sites (tertiary alicyclic amines) is 1. The van der Waals surface area contributed by atoms with E-state index in [0.29, 0.717) is 13.1 Å². The Morgan fingerprint density at radius 1 is 0.941 bits per heavy atom. The van der Waals surface area contributed by atoms with E-state index < -0.39 is 5.92 Å². The van der Waals surface area contributed by atoms with Gasteiger partial charge in [-0.15, -0.1) is 0 Å². The molecule has 6 heterocycles. The first-order valence-electron chi connectivity index (χ1n) is 11.0. The van der Waals surface area contributed by atoms with E-state index in [1.54, 1.807) is 29.7 Å². The van der Waals surface area contributed by atoms with Crippen molar-refractivity contribution in [3.63, 3.8) is 0 Å². The van der Waals surface area contributed by atoms with Gasteiger partial charge in [0.1, 0.15) is 5.69 Å². The first-order chi connectivity index (χ1) is 16.5. The van der Waals surface area contributed by atoms with Gasteiger partial charge in [-0.25, -0.2) is 8.78 Å². The van der Waals surface area contributed by atoms with Crippen LogP contribution in [-0.2, 0) is 6.54 Å². The van der Waals surface area contributed by atoms with Crippen molar-refractivity contribution in [2.75, 3.05) is 13.1 Å². The number of hydrogen-bond acceptors (Lipinski definition) is 5. The number of aromatic amines is 2. The van der Waals surface area contributed by atoms with Crippen molar-refractivity contribution >= 4 is 10.9 Å². The number of hydrogen-bond donors (Lipinski definition) is 2. The maximum atomic E-state index is 13.5. The van der Waals surface area contributed by atoms with E-state index in [9.17, 15) is 8.78 Å². The second-order valence-corrected chi connectivity index (χ2v) is 8.64. The summed E-state index contributed by atoms with van der Waals surface area (Å²) in [6.45, 7) is 0.632. The molecule has 7 nitrogen and oxygen atoms in total. The maximum absolute atomic E-state index is 13.5. The molecule has 2 N–H and O–H groups in total. The van der Waals surface area contributed by atoms with Crippen LogP contribution in [0.1, 0.15) is 12.0 Å². The van der Waals surface area contributed by atoms with Gasteiger partial charge in [-0.2, -0.15) is 5.10 Å². The Kier molecular flexibility index (Phi) is 4.91. The quantitative estimate of drug-likeness (QED) is 0.391. The fourth-order valence-electron chi connectivity index (χ4n) is 4.47. The highest BCUT2D eigenvalue weighted by molar-refractivity contribution is 5.97. The number of halogens is 2. The molecule has 1 aliphatic heterocycles. The van der Waals surface area contributed by atoms with Gasteiger partial charge in [0, 0.05) is 72.6 Å². The minimum absolute atomic E-state index is 0.0907. The normalized spacial score (nSPS) is 15.8. The zero-order valence-corrected chi connectivity index (χ0v) is 18.2. The van der Waals surface area contributed by atoms with E-state index in [4.69, 9.17) is 0 Å². The van der Waals surface area contributed by atoms with E-state index in [1.807, 2.05) is 36.7 Å². The number of nitrogens with zero attached hydrogens (tertiary/aromatic N) is 5. The number of aromatic nitrogens is 6. The third-order valence-electron chi connectivity index (χ3n) is 6.13. The smallest absolute Gasteiger partial charge is 0.261 e. The van der Waals surface area contributed by atoms with Gasteiger partial charge in [0.15, 0.2) is 0 Å². The molecule has 0 aliphatic carbocycles. The van der Waals surface area contributed by atoms with Crippen LogP contribution in [0.15, 0.2) is 67.5 Å². The Labute approximate surface area is 193 Å². The van der Waals surface area contributed by atoms with Crippen molar-refractivity contribution in [2.24, 2.45) is 0 Å². The molecule has 0 saturated carbocycles. The number of pyridine rings is 3. The minimum atomic E-state index is -2.60. The number of nitrogens with one attached hydrogen (secondary N) is 2. The van der Waals surface area contributed by atoms with Gasteiger partial charge in [-0.05, 0) is 29.8 Å². The van der Waals surface area contributed by atoms with E-state index >= 15 is 0 Å². The fourth-order valence-corrected chi connectivity index (χ4v) is 4.47. The molecule has 0 atom stereocenters. The predicted molar refractivity (Wildman–Crippen MR) is 125 cm³/mol. The second kappa shape index (κ2) is 8.11. The Morgan fingerprint density at radius 3 is 2.65 bits per heavy atom. The van der Waals surface area contributed by atoms with Crippen LogP contribution in [0.5, 0.6) is 0 Å². The van der Waals surface area contributed by atoms with Crippen molar-refractivity contribution in [3.05, 3.63) is 73.1 Å². The molecule has 9 heteroatoms. The summed E-state index contributed by atoms with van der Waals surface area (Å²) in [5.41, 5.74) is 7.07. The summed E-state index contributed by atoms with van der Waals surface area (Å²) < 4.78 is 27.0. The van der Waals surface area contributed by atoms with E-state index in [0.717, 1.165) is 50.2 Å². The maximum Gasteiger partial charge on any atom is 0.261 e. The molecule has 0 unspecified atom stereocenters. The monoisotopic (exact) mass is 457 g/mol. The standard InChI is InChI=1S/C25H21F2N7/c26-25(27)3-5-34(15-25)14-16-6-18(11-29-9-16)21-8-23(33-32-21)22-7-19-20(12-30-13-24(19)31-22)17-2-1-4-28-10-17/h1-2,4,6-13,31H,3,5,14-15H2,(H,32,33). The lowest BCUT2D eigenvalue weighted by atomic mass is 10.1.